The van der Waals surface area contributed by atoms with E-state index in [2.05, 4.69) is 0 Å². The number of alkyl halides is 2. The third kappa shape index (κ3) is 1.81. The van der Waals surface area contributed by atoms with E-state index in [-0.39, 0.29) is 12.1 Å². The molecule has 0 saturated heterocycles. The van der Waals surface area contributed by atoms with Gasteiger partial charge in [0, 0.05) is 0 Å². The van der Waals surface area contributed by atoms with Gasteiger partial charge in [-0.1, -0.05) is 0 Å². The molecule has 0 heterocycles. The summed E-state index contributed by atoms with van der Waals surface area (Å²) in [6.07, 6.45) is -3.22. The number of rotatable bonds is 2. The molecular weight excluding hydrogens is 206 g/mol. The first-order valence-electron chi connectivity index (χ1n) is 3.35. The van der Waals surface area contributed by atoms with Crippen molar-refractivity contribution in [1.82, 2.24) is 0 Å². The Balaban J connectivity index is 3.39. The topological polar surface area (TPSA) is 43.1 Å². The lowest BCUT2D eigenvalue weighted by Crippen LogP contribution is -1.99. The highest BCUT2D eigenvalue weighted by atomic mass is 19.3. The van der Waals surface area contributed by atoms with Crippen molar-refractivity contribution in [3.8, 4) is 0 Å². The van der Waals surface area contributed by atoms with Gasteiger partial charge in [-0.25, -0.2) is 17.6 Å². The van der Waals surface area contributed by atoms with E-state index in [0.29, 0.717) is 0 Å². The van der Waals surface area contributed by atoms with Gasteiger partial charge in [-0.05, 0) is 6.07 Å². The Morgan fingerprint density at radius 1 is 1.21 bits per heavy atom. The molecule has 14 heavy (non-hydrogen) atoms. The van der Waals surface area contributed by atoms with Gasteiger partial charge in [0.2, 0.25) is 0 Å². The molecule has 3 nitrogen and oxygen atoms in total. The summed E-state index contributed by atoms with van der Waals surface area (Å²) in [6, 6.07) is 0.259. The Hall–Kier alpha value is -1.66. The van der Waals surface area contributed by atoms with Crippen LogP contribution in [0.15, 0.2) is 12.1 Å². The maximum Gasteiger partial charge on any atom is 0.281 e. The lowest BCUT2D eigenvalue weighted by molar-refractivity contribution is -0.386. The van der Waals surface area contributed by atoms with Crippen molar-refractivity contribution in [3.05, 3.63) is 39.4 Å². The lowest BCUT2D eigenvalue weighted by atomic mass is 10.2. The number of nitrogens with zero attached hydrogens (tertiary/aromatic N) is 1. The van der Waals surface area contributed by atoms with Crippen LogP contribution in [0, 0.1) is 21.7 Å². The zero-order valence-electron chi connectivity index (χ0n) is 6.51. The summed E-state index contributed by atoms with van der Waals surface area (Å²) in [6.45, 7) is 0. The quantitative estimate of drug-likeness (QED) is 0.427. The predicted octanol–water partition coefficient (Wildman–Crippen LogP) is 2.81. The Labute approximate surface area is 75.1 Å². The van der Waals surface area contributed by atoms with Crippen molar-refractivity contribution in [2.45, 2.75) is 6.43 Å². The second-order valence-electron chi connectivity index (χ2n) is 2.38. The van der Waals surface area contributed by atoms with E-state index in [1.54, 1.807) is 0 Å². The summed E-state index contributed by atoms with van der Waals surface area (Å²) in [4.78, 5) is 8.98. The molecule has 0 fully saturated rings. The molecule has 0 spiro atoms. The largest absolute Gasteiger partial charge is 0.281 e. The van der Waals surface area contributed by atoms with Crippen molar-refractivity contribution < 1.29 is 22.5 Å². The fraction of sp³-hybridized carbons (Fsp3) is 0.143. The van der Waals surface area contributed by atoms with Crippen LogP contribution < -0.4 is 0 Å². The minimum atomic E-state index is -3.22. The van der Waals surface area contributed by atoms with E-state index < -0.39 is 34.2 Å². The van der Waals surface area contributed by atoms with Crippen LogP contribution in [0.2, 0.25) is 0 Å². The van der Waals surface area contributed by atoms with E-state index >= 15 is 0 Å². The molecule has 76 valence electrons. The molecule has 0 unspecified atom stereocenters. The van der Waals surface area contributed by atoms with Crippen LogP contribution in [-0.4, -0.2) is 4.92 Å². The average Bonchev–Trinajstić information content (AvgIpc) is 2.08. The van der Waals surface area contributed by atoms with Gasteiger partial charge in [0.15, 0.2) is 11.6 Å². The fourth-order valence-corrected chi connectivity index (χ4v) is 0.885. The highest BCUT2D eigenvalue weighted by Crippen LogP contribution is 2.30. The normalized spacial score (nSPS) is 10.6. The van der Waals surface area contributed by atoms with Gasteiger partial charge in [-0.15, -0.1) is 0 Å². The van der Waals surface area contributed by atoms with Gasteiger partial charge in [-0.2, -0.15) is 0 Å². The van der Waals surface area contributed by atoms with E-state index in [1.807, 2.05) is 0 Å². The molecule has 0 atom stereocenters. The van der Waals surface area contributed by atoms with Gasteiger partial charge in [0.1, 0.15) is 0 Å². The molecule has 0 aliphatic rings. The number of nitro benzene ring substituents is 1. The first-order valence-corrected chi connectivity index (χ1v) is 3.35. The maximum absolute atomic E-state index is 12.5. The number of nitro groups is 1. The summed E-state index contributed by atoms with van der Waals surface area (Å²) >= 11 is 0. The van der Waals surface area contributed by atoms with Crippen molar-refractivity contribution in [1.29, 1.82) is 0 Å². The van der Waals surface area contributed by atoms with Crippen molar-refractivity contribution in [2.24, 2.45) is 0 Å². The Bertz CT molecular complexity index is 380. The highest BCUT2D eigenvalue weighted by molar-refractivity contribution is 5.41. The molecule has 7 heteroatoms. The van der Waals surface area contributed by atoms with E-state index in [4.69, 9.17) is 0 Å². The number of hydrogen-bond acceptors (Lipinski definition) is 2. The molecule has 0 aliphatic carbocycles. The van der Waals surface area contributed by atoms with E-state index in [1.165, 1.54) is 0 Å². The van der Waals surface area contributed by atoms with Crippen LogP contribution >= 0.6 is 0 Å². The van der Waals surface area contributed by atoms with Crippen molar-refractivity contribution in [3.63, 3.8) is 0 Å². The zero-order chi connectivity index (χ0) is 10.9. The van der Waals surface area contributed by atoms with Gasteiger partial charge < -0.3 is 0 Å². The minimum absolute atomic E-state index is 0.123. The molecule has 1 aromatic rings. The van der Waals surface area contributed by atoms with Gasteiger partial charge >= 0.3 is 0 Å². The van der Waals surface area contributed by atoms with Gasteiger partial charge in [0.25, 0.3) is 12.1 Å². The van der Waals surface area contributed by atoms with Crippen LogP contribution in [0.5, 0.6) is 0 Å². The lowest BCUT2D eigenvalue weighted by Gasteiger charge is -2.01. The summed E-state index contributed by atoms with van der Waals surface area (Å²) < 4.78 is 49.1. The van der Waals surface area contributed by atoms with Crippen LogP contribution in [0.3, 0.4) is 0 Å². The molecule has 0 aromatic heterocycles. The highest BCUT2D eigenvalue weighted by Gasteiger charge is 2.24. The monoisotopic (exact) mass is 209 g/mol. The standard InChI is InChI=1S/C7H3F4NO2/c8-4-1-3(7(10)11)6(12(13)14)2-5(4)9/h1-2,7H. The van der Waals surface area contributed by atoms with Crippen LogP contribution in [0.4, 0.5) is 23.2 Å². The SMILES string of the molecule is O=[N+]([O-])c1cc(F)c(F)cc1C(F)F. The molecule has 1 aromatic carbocycles. The second kappa shape index (κ2) is 3.60. The first kappa shape index (κ1) is 10.4. The van der Waals surface area contributed by atoms with Crippen LogP contribution in [-0.2, 0) is 0 Å². The van der Waals surface area contributed by atoms with E-state index in [0.717, 1.165) is 0 Å². The first-order chi connectivity index (χ1) is 6.43. The van der Waals surface area contributed by atoms with Gasteiger partial charge in [-0.3, -0.25) is 10.1 Å². The third-order valence-electron chi connectivity index (χ3n) is 1.50. The number of halogens is 4. The van der Waals surface area contributed by atoms with E-state index in [9.17, 15) is 27.7 Å². The molecule has 0 radical (unpaired) electrons. The molecule has 0 bridgehead atoms. The van der Waals surface area contributed by atoms with Crippen LogP contribution in [0.1, 0.15) is 12.0 Å². The van der Waals surface area contributed by atoms with Crippen molar-refractivity contribution in [2.75, 3.05) is 0 Å². The van der Waals surface area contributed by atoms with Gasteiger partial charge in [0.05, 0.1) is 16.6 Å². The maximum atomic E-state index is 12.5. The number of benzene rings is 1. The average molecular weight is 209 g/mol. The van der Waals surface area contributed by atoms with Crippen LogP contribution in [0.25, 0.3) is 0 Å². The predicted molar refractivity (Wildman–Crippen MR) is 38.0 cm³/mol. The Morgan fingerprint density at radius 2 is 1.71 bits per heavy atom. The second-order valence-corrected chi connectivity index (χ2v) is 2.38. The smallest absolute Gasteiger partial charge is 0.258 e. The summed E-state index contributed by atoms with van der Waals surface area (Å²) in [5, 5.41) is 10.2. The molecule has 0 N–H and O–H groups in total. The molecule has 0 aliphatic heterocycles. The van der Waals surface area contributed by atoms with Crippen molar-refractivity contribution >= 4 is 5.69 Å². The Morgan fingerprint density at radius 3 is 2.14 bits per heavy atom. The minimum Gasteiger partial charge on any atom is -0.258 e. The Kier molecular flexibility index (Phi) is 2.68. The third-order valence-corrected chi connectivity index (χ3v) is 1.50. The summed E-state index contributed by atoms with van der Waals surface area (Å²) in [5.41, 5.74) is -2.26. The summed E-state index contributed by atoms with van der Waals surface area (Å²) in [5.74, 6) is -3.06. The fourth-order valence-electron chi connectivity index (χ4n) is 0.885. The molecule has 0 saturated carbocycles. The molecular formula is C7H3F4NO2. The molecule has 0 amide bonds. The zero-order valence-corrected chi connectivity index (χ0v) is 6.51. The summed E-state index contributed by atoms with van der Waals surface area (Å²) in [7, 11) is 0. The molecule has 1 rings (SSSR count). The number of hydrogen-bond donors (Lipinski definition) is 0.